The van der Waals surface area contributed by atoms with E-state index in [9.17, 15) is 0 Å². The second-order valence-electron chi connectivity index (χ2n) is 3.81. The molecule has 0 aliphatic rings. The van der Waals surface area contributed by atoms with Crippen molar-refractivity contribution in [3.05, 3.63) is 21.9 Å². The maximum absolute atomic E-state index is 3.47. The summed E-state index contributed by atoms with van der Waals surface area (Å²) in [6.07, 6.45) is 0. The summed E-state index contributed by atoms with van der Waals surface area (Å²) in [6, 6.07) is 4.38. The Hall–Kier alpha value is -0.380. The molecule has 0 spiro atoms. The van der Waals surface area contributed by atoms with Crippen molar-refractivity contribution in [1.29, 1.82) is 0 Å². The predicted octanol–water partition coefficient (Wildman–Crippen LogP) is 2.00. The van der Waals surface area contributed by atoms with E-state index in [-0.39, 0.29) is 0 Å². The second-order valence-corrected chi connectivity index (χ2v) is 5.18. The fraction of sp³-hybridized carbons (Fsp3) is 0.636. The van der Waals surface area contributed by atoms with E-state index in [1.807, 2.05) is 18.4 Å². The van der Waals surface area contributed by atoms with Gasteiger partial charge < -0.3 is 10.6 Å². The van der Waals surface area contributed by atoms with Crippen molar-refractivity contribution in [3.63, 3.8) is 0 Å². The fourth-order valence-corrected chi connectivity index (χ4v) is 2.30. The lowest BCUT2D eigenvalue weighted by atomic mass is 10.2. The number of aryl methyl sites for hydroxylation is 1. The van der Waals surface area contributed by atoms with Crippen LogP contribution in [0.4, 0.5) is 0 Å². The topological polar surface area (TPSA) is 24.1 Å². The first-order valence-electron chi connectivity index (χ1n) is 5.13. The van der Waals surface area contributed by atoms with Crippen molar-refractivity contribution >= 4 is 11.3 Å². The van der Waals surface area contributed by atoms with Crippen LogP contribution in [0.5, 0.6) is 0 Å². The molecule has 1 aromatic heterocycles. The summed E-state index contributed by atoms with van der Waals surface area (Å²) in [5.74, 6) is 0.695. The van der Waals surface area contributed by atoms with Crippen molar-refractivity contribution < 1.29 is 0 Å². The minimum atomic E-state index is 0.695. The molecule has 0 aliphatic carbocycles. The molecule has 0 fully saturated rings. The van der Waals surface area contributed by atoms with Crippen LogP contribution in [0.25, 0.3) is 0 Å². The summed E-state index contributed by atoms with van der Waals surface area (Å²) < 4.78 is 0. The van der Waals surface area contributed by atoms with E-state index in [2.05, 4.69) is 36.6 Å². The smallest absolute Gasteiger partial charge is 0.0299 e. The third-order valence-corrected chi connectivity index (χ3v) is 3.14. The number of hydrogen-bond acceptors (Lipinski definition) is 3. The summed E-state index contributed by atoms with van der Waals surface area (Å²) in [6.45, 7) is 7.57. The quantitative estimate of drug-likeness (QED) is 0.753. The highest BCUT2D eigenvalue weighted by molar-refractivity contribution is 7.11. The Labute approximate surface area is 90.7 Å². The molecule has 0 aliphatic heterocycles. The van der Waals surface area contributed by atoms with Gasteiger partial charge in [0.15, 0.2) is 0 Å². The Morgan fingerprint density at radius 1 is 1.36 bits per heavy atom. The molecule has 14 heavy (non-hydrogen) atoms. The van der Waals surface area contributed by atoms with Gasteiger partial charge in [0.2, 0.25) is 0 Å². The Morgan fingerprint density at radius 2 is 2.14 bits per heavy atom. The third kappa shape index (κ3) is 4.22. The number of nitrogens with one attached hydrogen (secondary N) is 2. The maximum Gasteiger partial charge on any atom is 0.0299 e. The van der Waals surface area contributed by atoms with Gasteiger partial charge >= 0.3 is 0 Å². The van der Waals surface area contributed by atoms with Crippen LogP contribution in [0.1, 0.15) is 16.7 Å². The van der Waals surface area contributed by atoms with Gasteiger partial charge in [-0.1, -0.05) is 6.92 Å². The van der Waals surface area contributed by atoms with E-state index in [4.69, 9.17) is 0 Å². The molecule has 0 amide bonds. The molecular weight excluding hydrogens is 192 g/mol. The SMILES string of the molecule is CNCC(C)CNCc1ccc(C)s1. The van der Waals surface area contributed by atoms with Crippen LogP contribution in [0.15, 0.2) is 12.1 Å². The van der Waals surface area contributed by atoms with Crippen molar-refractivity contribution in [2.45, 2.75) is 20.4 Å². The first kappa shape index (κ1) is 11.7. The minimum absolute atomic E-state index is 0.695. The Balaban J connectivity index is 2.15. The van der Waals surface area contributed by atoms with Crippen LogP contribution in [0.3, 0.4) is 0 Å². The van der Waals surface area contributed by atoms with Gasteiger partial charge in [-0.3, -0.25) is 0 Å². The van der Waals surface area contributed by atoms with Crippen molar-refractivity contribution in [1.82, 2.24) is 10.6 Å². The molecule has 1 heterocycles. The molecule has 3 heteroatoms. The second kappa shape index (κ2) is 6.17. The molecule has 0 saturated heterocycles. The maximum atomic E-state index is 3.47. The molecule has 1 atom stereocenters. The minimum Gasteiger partial charge on any atom is -0.319 e. The molecule has 80 valence electrons. The van der Waals surface area contributed by atoms with Crippen molar-refractivity contribution in [2.75, 3.05) is 20.1 Å². The van der Waals surface area contributed by atoms with Crippen LogP contribution in [-0.4, -0.2) is 20.1 Å². The lowest BCUT2D eigenvalue weighted by molar-refractivity contribution is 0.493. The molecule has 2 N–H and O–H groups in total. The standard InChI is InChI=1S/C11H20N2S/c1-9(6-12-3)7-13-8-11-5-4-10(2)14-11/h4-5,9,12-13H,6-8H2,1-3H3. The largest absolute Gasteiger partial charge is 0.319 e. The van der Waals surface area contributed by atoms with Crippen LogP contribution < -0.4 is 10.6 Å². The highest BCUT2D eigenvalue weighted by Gasteiger charge is 2.00. The molecule has 1 unspecified atom stereocenters. The normalized spacial score (nSPS) is 13.1. The van der Waals surface area contributed by atoms with E-state index >= 15 is 0 Å². The van der Waals surface area contributed by atoms with Crippen LogP contribution in [0.2, 0.25) is 0 Å². The number of thiophene rings is 1. The summed E-state index contributed by atoms with van der Waals surface area (Å²) >= 11 is 1.87. The lowest BCUT2D eigenvalue weighted by Crippen LogP contribution is -2.27. The predicted molar refractivity (Wildman–Crippen MR) is 63.9 cm³/mol. The van der Waals surface area contributed by atoms with Crippen molar-refractivity contribution in [3.8, 4) is 0 Å². The van der Waals surface area contributed by atoms with Gasteiger partial charge in [-0.2, -0.15) is 0 Å². The summed E-state index contributed by atoms with van der Waals surface area (Å²) in [4.78, 5) is 2.82. The molecular formula is C11H20N2S. The number of rotatable bonds is 6. The van der Waals surface area contributed by atoms with Gasteiger partial charge in [-0.05, 0) is 45.1 Å². The van der Waals surface area contributed by atoms with Crippen molar-refractivity contribution in [2.24, 2.45) is 5.92 Å². The molecule has 1 rings (SSSR count). The van der Waals surface area contributed by atoms with Gasteiger partial charge in [-0.15, -0.1) is 11.3 Å². The van der Waals surface area contributed by atoms with Gasteiger partial charge in [0.05, 0.1) is 0 Å². The molecule has 0 aromatic carbocycles. The van der Waals surface area contributed by atoms with Gasteiger partial charge in [-0.25, -0.2) is 0 Å². The van der Waals surface area contributed by atoms with Crippen LogP contribution in [0, 0.1) is 12.8 Å². The summed E-state index contributed by atoms with van der Waals surface area (Å²) in [5.41, 5.74) is 0. The zero-order chi connectivity index (χ0) is 10.4. The summed E-state index contributed by atoms with van der Waals surface area (Å²) in [7, 11) is 2.00. The highest BCUT2D eigenvalue weighted by Crippen LogP contribution is 2.14. The monoisotopic (exact) mass is 212 g/mol. The van der Waals surface area contributed by atoms with Gasteiger partial charge in [0.25, 0.3) is 0 Å². The number of hydrogen-bond donors (Lipinski definition) is 2. The van der Waals surface area contributed by atoms with Gasteiger partial charge in [0.1, 0.15) is 0 Å². The van der Waals surface area contributed by atoms with E-state index < -0.39 is 0 Å². The van der Waals surface area contributed by atoms with Gasteiger partial charge in [0, 0.05) is 16.3 Å². The zero-order valence-corrected chi connectivity index (χ0v) is 10.1. The van der Waals surface area contributed by atoms with E-state index in [0.29, 0.717) is 5.92 Å². The molecule has 1 aromatic rings. The zero-order valence-electron chi connectivity index (χ0n) is 9.26. The van der Waals surface area contributed by atoms with E-state index in [0.717, 1.165) is 19.6 Å². The fourth-order valence-electron chi connectivity index (χ4n) is 1.44. The third-order valence-electron chi connectivity index (χ3n) is 2.14. The van der Waals surface area contributed by atoms with E-state index in [1.165, 1.54) is 9.75 Å². The highest BCUT2D eigenvalue weighted by atomic mass is 32.1. The Morgan fingerprint density at radius 3 is 2.71 bits per heavy atom. The Kier molecular flexibility index (Phi) is 5.15. The van der Waals surface area contributed by atoms with E-state index in [1.54, 1.807) is 0 Å². The molecule has 2 nitrogen and oxygen atoms in total. The average Bonchev–Trinajstić information content (AvgIpc) is 2.52. The summed E-state index contributed by atoms with van der Waals surface area (Å²) in [5, 5.41) is 6.65. The first-order chi connectivity index (χ1) is 6.72. The molecule has 0 saturated carbocycles. The molecule has 0 radical (unpaired) electrons. The molecule has 0 bridgehead atoms. The average molecular weight is 212 g/mol. The van der Waals surface area contributed by atoms with Crippen LogP contribution in [-0.2, 0) is 6.54 Å². The van der Waals surface area contributed by atoms with Crippen LogP contribution >= 0.6 is 11.3 Å². The first-order valence-corrected chi connectivity index (χ1v) is 5.94. The Bertz CT molecular complexity index is 258. The lowest BCUT2D eigenvalue weighted by Gasteiger charge is -2.10.